The third kappa shape index (κ3) is 2.79. The van der Waals surface area contributed by atoms with E-state index in [0.29, 0.717) is 17.7 Å². The molecule has 1 aliphatic rings. The number of rotatable bonds is 3. The van der Waals surface area contributed by atoms with Crippen LogP contribution in [0.5, 0.6) is 0 Å². The van der Waals surface area contributed by atoms with Crippen LogP contribution in [0.15, 0.2) is 54.5 Å². The van der Waals surface area contributed by atoms with Crippen LogP contribution in [0.25, 0.3) is 22.0 Å². The molecule has 0 saturated carbocycles. The molecule has 0 N–H and O–H groups in total. The molecule has 3 aromatic rings. The highest BCUT2D eigenvalue weighted by molar-refractivity contribution is 5.96. The lowest BCUT2D eigenvalue weighted by Crippen LogP contribution is -2.13. The van der Waals surface area contributed by atoms with Crippen LogP contribution in [0.3, 0.4) is 0 Å². The summed E-state index contributed by atoms with van der Waals surface area (Å²) in [6.07, 6.45) is 3.88. The second-order valence-electron chi connectivity index (χ2n) is 6.33. The van der Waals surface area contributed by atoms with Crippen LogP contribution in [0.4, 0.5) is 4.39 Å². The quantitative estimate of drug-likeness (QED) is 0.512. The highest BCUT2D eigenvalue weighted by Crippen LogP contribution is 2.35. The lowest BCUT2D eigenvalue weighted by Gasteiger charge is -2.18. The second-order valence-corrected chi connectivity index (χ2v) is 6.33. The van der Waals surface area contributed by atoms with E-state index in [1.54, 1.807) is 17.8 Å². The molecule has 0 bridgehead atoms. The molecule has 26 heavy (non-hydrogen) atoms. The zero-order valence-electron chi connectivity index (χ0n) is 14.5. The van der Waals surface area contributed by atoms with E-state index in [0.717, 1.165) is 34.9 Å². The number of ether oxygens (including phenoxy) is 1. The van der Waals surface area contributed by atoms with Gasteiger partial charge in [-0.15, -0.1) is 0 Å². The molecule has 4 nitrogen and oxygen atoms in total. The lowest BCUT2D eigenvalue weighted by atomic mass is 9.92. The minimum Gasteiger partial charge on any atom is -0.461 e. The van der Waals surface area contributed by atoms with Crippen molar-refractivity contribution in [2.24, 2.45) is 0 Å². The van der Waals surface area contributed by atoms with Crippen LogP contribution < -0.4 is 0 Å². The van der Waals surface area contributed by atoms with Crippen molar-refractivity contribution in [3.63, 3.8) is 0 Å². The lowest BCUT2D eigenvalue weighted by molar-refractivity contribution is -0.140. The number of halogens is 1. The zero-order chi connectivity index (χ0) is 18.1. The zero-order valence-corrected chi connectivity index (χ0v) is 14.5. The average Bonchev–Trinajstić information content (AvgIpc) is 3.11. The summed E-state index contributed by atoms with van der Waals surface area (Å²) in [4.78, 5) is 11.9. The Kier molecular flexibility index (Phi) is 4.29. The summed E-state index contributed by atoms with van der Waals surface area (Å²) < 4.78 is 21.3. The molecule has 4 rings (SSSR count). The molecule has 0 amide bonds. The topological polar surface area (TPSA) is 44.1 Å². The predicted molar refractivity (Wildman–Crippen MR) is 98.7 cm³/mol. The summed E-state index contributed by atoms with van der Waals surface area (Å²) in [5, 5.41) is 6.69. The van der Waals surface area contributed by atoms with Crippen LogP contribution in [0.2, 0.25) is 0 Å². The van der Waals surface area contributed by atoms with E-state index in [4.69, 9.17) is 4.74 Å². The smallest absolute Gasteiger partial charge is 0.367 e. The number of carbonyl (C=O) groups is 1. The number of benzene rings is 2. The van der Waals surface area contributed by atoms with Crippen molar-refractivity contribution < 1.29 is 13.9 Å². The predicted octanol–water partition coefficient (Wildman–Crippen LogP) is 4.61. The molecule has 0 atom stereocenters. The maximum Gasteiger partial charge on any atom is 0.367 e. The Labute approximate surface area is 150 Å². The molecule has 0 spiro atoms. The van der Waals surface area contributed by atoms with Crippen molar-refractivity contribution in [3.8, 4) is 5.69 Å². The summed E-state index contributed by atoms with van der Waals surface area (Å²) in [5.74, 6) is -1.71. The molecule has 0 saturated heterocycles. The fourth-order valence-electron chi connectivity index (χ4n) is 3.50. The number of nitrogens with zero attached hydrogens (tertiary/aromatic N) is 2. The van der Waals surface area contributed by atoms with E-state index in [1.165, 1.54) is 0 Å². The maximum absolute atomic E-state index is 14.7. The van der Waals surface area contributed by atoms with Gasteiger partial charge in [0.2, 0.25) is 5.83 Å². The first-order valence-corrected chi connectivity index (χ1v) is 8.81. The van der Waals surface area contributed by atoms with Gasteiger partial charge in [0.1, 0.15) is 0 Å². The number of aromatic nitrogens is 2. The Hall–Kier alpha value is -2.95. The van der Waals surface area contributed by atoms with Gasteiger partial charge in [-0.3, -0.25) is 0 Å². The number of esters is 1. The highest BCUT2D eigenvalue weighted by Gasteiger charge is 2.27. The van der Waals surface area contributed by atoms with Crippen molar-refractivity contribution in [1.29, 1.82) is 0 Å². The van der Waals surface area contributed by atoms with Crippen LogP contribution in [-0.2, 0) is 16.0 Å². The monoisotopic (exact) mass is 350 g/mol. The fourth-order valence-corrected chi connectivity index (χ4v) is 3.50. The third-order valence-corrected chi connectivity index (χ3v) is 4.70. The Morgan fingerprint density at radius 1 is 1.19 bits per heavy atom. The Bertz CT molecular complexity index is 1020. The van der Waals surface area contributed by atoms with Crippen molar-refractivity contribution in [3.05, 3.63) is 65.7 Å². The summed E-state index contributed by atoms with van der Waals surface area (Å²) in [6, 6.07) is 14.1. The van der Waals surface area contributed by atoms with Crippen LogP contribution >= 0.6 is 0 Å². The van der Waals surface area contributed by atoms with Crippen LogP contribution in [-0.4, -0.2) is 22.4 Å². The van der Waals surface area contributed by atoms with Gasteiger partial charge in [-0.25, -0.2) is 9.48 Å². The molecule has 1 heterocycles. The van der Waals surface area contributed by atoms with E-state index in [-0.39, 0.29) is 6.61 Å². The number of fused-ring (bicyclic) bond motifs is 2. The van der Waals surface area contributed by atoms with E-state index >= 15 is 0 Å². The molecule has 0 radical (unpaired) electrons. The minimum absolute atomic E-state index is 0.149. The van der Waals surface area contributed by atoms with Crippen molar-refractivity contribution in [1.82, 2.24) is 9.78 Å². The molecule has 0 unspecified atom stereocenters. The maximum atomic E-state index is 14.7. The summed E-state index contributed by atoms with van der Waals surface area (Å²) in [6.45, 7) is 1.82. The van der Waals surface area contributed by atoms with E-state index in [9.17, 15) is 9.18 Å². The number of aryl methyl sites for hydroxylation is 1. The van der Waals surface area contributed by atoms with Gasteiger partial charge >= 0.3 is 5.97 Å². The normalized spacial score (nSPS) is 15.6. The van der Waals surface area contributed by atoms with E-state index in [2.05, 4.69) is 5.10 Å². The first kappa shape index (κ1) is 16.5. The summed E-state index contributed by atoms with van der Waals surface area (Å²) in [5.41, 5.74) is 2.87. The first-order valence-electron chi connectivity index (χ1n) is 8.81. The molecule has 5 heteroatoms. The fraction of sp³-hybridized carbons (Fsp3) is 0.238. The standard InChI is InChI=1S/C21H19FN2O2/c1-2-26-21(25)19(22)18-9-5-8-16-13-23-24(20(16)18)17-11-10-14-6-3-4-7-15(14)12-17/h3-4,6-7,10-13H,2,5,8-9H2,1H3. The SMILES string of the molecule is CCOC(=O)C(F)=C1CCCc2cnn(-c3ccc4ccccc4c3)c21. The molecule has 1 aliphatic carbocycles. The number of hydrogen-bond donors (Lipinski definition) is 0. The summed E-state index contributed by atoms with van der Waals surface area (Å²) >= 11 is 0. The Morgan fingerprint density at radius 3 is 2.81 bits per heavy atom. The Balaban J connectivity index is 1.86. The van der Waals surface area contributed by atoms with Gasteiger partial charge in [0, 0.05) is 5.57 Å². The van der Waals surface area contributed by atoms with Gasteiger partial charge < -0.3 is 4.74 Å². The molecule has 1 aromatic heterocycles. The van der Waals surface area contributed by atoms with E-state index < -0.39 is 11.8 Å². The van der Waals surface area contributed by atoms with Crippen molar-refractivity contribution >= 4 is 22.3 Å². The van der Waals surface area contributed by atoms with Crippen molar-refractivity contribution in [2.45, 2.75) is 26.2 Å². The Morgan fingerprint density at radius 2 is 2.00 bits per heavy atom. The summed E-state index contributed by atoms with van der Waals surface area (Å²) in [7, 11) is 0. The minimum atomic E-state index is -0.901. The number of carbonyl (C=O) groups excluding carboxylic acids is 1. The van der Waals surface area contributed by atoms with Gasteiger partial charge in [0.05, 0.1) is 24.2 Å². The third-order valence-electron chi connectivity index (χ3n) is 4.70. The van der Waals surface area contributed by atoms with E-state index in [1.807, 2.05) is 42.5 Å². The first-order chi connectivity index (χ1) is 12.7. The van der Waals surface area contributed by atoms with Gasteiger partial charge in [-0.1, -0.05) is 30.3 Å². The largest absolute Gasteiger partial charge is 0.461 e. The molecular formula is C21H19FN2O2. The van der Waals surface area contributed by atoms with Gasteiger partial charge in [0.15, 0.2) is 0 Å². The average molecular weight is 350 g/mol. The molecule has 132 valence electrons. The molecule has 0 fully saturated rings. The molecule has 2 aromatic carbocycles. The van der Waals surface area contributed by atoms with Gasteiger partial charge in [0.25, 0.3) is 0 Å². The van der Waals surface area contributed by atoms with Crippen LogP contribution in [0, 0.1) is 0 Å². The number of allylic oxidation sites excluding steroid dienone is 1. The van der Waals surface area contributed by atoms with Gasteiger partial charge in [-0.05, 0) is 54.7 Å². The highest BCUT2D eigenvalue weighted by atomic mass is 19.1. The van der Waals surface area contributed by atoms with Crippen molar-refractivity contribution in [2.75, 3.05) is 6.61 Å². The van der Waals surface area contributed by atoms with Gasteiger partial charge in [-0.2, -0.15) is 9.49 Å². The molecule has 0 aliphatic heterocycles. The van der Waals surface area contributed by atoms with Crippen LogP contribution in [0.1, 0.15) is 31.0 Å². The second kappa shape index (κ2) is 6.75. The number of hydrogen-bond acceptors (Lipinski definition) is 3. The molecular weight excluding hydrogens is 331 g/mol.